The van der Waals surface area contributed by atoms with Gasteiger partial charge in [-0.1, -0.05) is 12.1 Å². The molecule has 0 unspecified atom stereocenters. The molecule has 0 bridgehead atoms. The van der Waals surface area contributed by atoms with Crippen molar-refractivity contribution in [3.05, 3.63) is 53.9 Å². The normalized spacial score (nSPS) is 19.5. The van der Waals surface area contributed by atoms with E-state index in [1.807, 2.05) is 0 Å². The Morgan fingerprint density at radius 2 is 1.54 bits per heavy atom. The molecule has 4 rings (SSSR count). The first-order valence-electron chi connectivity index (χ1n) is 11.6. The molecule has 0 atom stereocenters. The van der Waals surface area contributed by atoms with Crippen molar-refractivity contribution in [1.82, 2.24) is 19.1 Å². The van der Waals surface area contributed by atoms with Crippen LogP contribution in [0.1, 0.15) is 24.1 Å². The Kier molecular flexibility index (Phi) is 9.29. The predicted molar refractivity (Wildman–Crippen MR) is 135 cm³/mol. The van der Waals surface area contributed by atoms with Gasteiger partial charge < -0.3 is 0 Å². The smallest absolute Gasteiger partial charge is 0.299 e. The summed E-state index contributed by atoms with van der Waals surface area (Å²) in [4.78, 5) is 7.95. The average molecular weight is 583 g/mol. The van der Waals surface area contributed by atoms with E-state index in [4.69, 9.17) is 0 Å². The van der Waals surface area contributed by atoms with Crippen molar-refractivity contribution in [3.8, 4) is 0 Å². The van der Waals surface area contributed by atoms with Gasteiger partial charge in [-0.2, -0.15) is 17.5 Å². The maximum Gasteiger partial charge on any atom is 0.433 e. The molecular formula is C23H30ClF3N4O4S2. The summed E-state index contributed by atoms with van der Waals surface area (Å²) in [5, 5.41) is 0. The van der Waals surface area contributed by atoms with Crippen LogP contribution in [0.2, 0.25) is 0 Å². The molecule has 2 aliphatic heterocycles. The van der Waals surface area contributed by atoms with Crippen LogP contribution in [0.15, 0.2) is 52.4 Å². The molecule has 37 heavy (non-hydrogen) atoms. The molecule has 0 saturated carbocycles. The first-order valence-corrected chi connectivity index (χ1v) is 15.0. The summed E-state index contributed by atoms with van der Waals surface area (Å²) in [5.74, 6) is 0. The summed E-state index contributed by atoms with van der Waals surface area (Å²) < 4.78 is 89.3. The van der Waals surface area contributed by atoms with E-state index in [0.717, 1.165) is 43.8 Å². The molecule has 14 heteroatoms. The van der Waals surface area contributed by atoms with Gasteiger partial charge >= 0.3 is 6.18 Å². The molecule has 2 aromatic rings. The van der Waals surface area contributed by atoms with Crippen LogP contribution >= 0.6 is 12.4 Å². The first kappa shape index (κ1) is 29.8. The lowest BCUT2D eigenvalue weighted by molar-refractivity contribution is -0.141. The van der Waals surface area contributed by atoms with Crippen LogP contribution in [0.4, 0.5) is 13.2 Å². The third-order valence-corrected chi connectivity index (χ3v) is 9.74. The lowest BCUT2D eigenvalue weighted by Gasteiger charge is -2.42. The van der Waals surface area contributed by atoms with Crippen LogP contribution in [-0.2, 0) is 32.6 Å². The molecular weight excluding hydrogens is 553 g/mol. The standard InChI is InChI=1S/C23H29F3N4O4S2.ClH/c1-35(31,32)20-3-2-4-21(15-20)36(33,34)30-13-11-29(12-14-30)19-7-9-28(10-8-19)17-18-5-6-22(27-16-18)23(24,25)26;/h2-6,15-16,19H,7-14,17H2,1H3;1H. The van der Waals surface area contributed by atoms with E-state index in [0.29, 0.717) is 38.8 Å². The Bertz CT molecular complexity index is 1280. The van der Waals surface area contributed by atoms with Gasteiger partial charge in [0.25, 0.3) is 0 Å². The number of rotatable bonds is 6. The number of nitrogens with zero attached hydrogens (tertiary/aromatic N) is 4. The third-order valence-electron chi connectivity index (χ3n) is 6.74. The minimum Gasteiger partial charge on any atom is -0.299 e. The minimum absolute atomic E-state index is 0. The quantitative estimate of drug-likeness (QED) is 0.517. The second-order valence-electron chi connectivity index (χ2n) is 9.24. The van der Waals surface area contributed by atoms with Crippen LogP contribution < -0.4 is 0 Å². The molecule has 1 aromatic heterocycles. The van der Waals surface area contributed by atoms with Crippen molar-refractivity contribution in [2.45, 2.75) is 41.4 Å². The molecule has 206 valence electrons. The van der Waals surface area contributed by atoms with Crippen molar-refractivity contribution >= 4 is 32.3 Å². The predicted octanol–water partition coefficient (Wildman–Crippen LogP) is 2.90. The Hall–Kier alpha value is -1.77. The molecule has 2 fully saturated rings. The number of halogens is 4. The summed E-state index contributed by atoms with van der Waals surface area (Å²) in [7, 11) is -7.31. The number of pyridine rings is 1. The first-order chi connectivity index (χ1) is 16.8. The summed E-state index contributed by atoms with van der Waals surface area (Å²) >= 11 is 0. The number of benzene rings is 1. The van der Waals surface area contributed by atoms with Crippen LogP contribution in [0.25, 0.3) is 0 Å². The number of sulfonamides is 1. The fourth-order valence-electron chi connectivity index (χ4n) is 4.71. The number of likely N-dealkylation sites (tertiary alicyclic amines) is 1. The summed E-state index contributed by atoms with van der Waals surface area (Å²) in [6.45, 7) is 3.93. The van der Waals surface area contributed by atoms with Gasteiger partial charge in [-0.25, -0.2) is 16.8 Å². The van der Waals surface area contributed by atoms with Crippen molar-refractivity contribution < 1.29 is 30.0 Å². The highest BCUT2D eigenvalue weighted by Crippen LogP contribution is 2.28. The van der Waals surface area contributed by atoms with Gasteiger partial charge in [-0.15, -0.1) is 12.4 Å². The van der Waals surface area contributed by atoms with Gasteiger partial charge in [0.05, 0.1) is 9.79 Å². The van der Waals surface area contributed by atoms with E-state index in [9.17, 15) is 30.0 Å². The zero-order valence-electron chi connectivity index (χ0n) is 20.3. The van der Waals surface area contributed by atoms with Gasteiger partial charge in [0.15, 0.2) is 9.84 Å². The van der Waals surface area contributed by atoms with E-state index >= 15 is 0 Å². The largest absolute Gasteiger partial charge is 0.433 e. The third kappa shape index (κ3) is 7.21. The van der Waals surface area contributed by atoms with Gasteiger partial charge in [0.2, 0.25) is 10.0 Å². The summed E-state index contributed by atoms with van der Waals surface area (Å²) in [6.07, 6.45) is -0.349. The number of sulfone groups is 1. The highest BCUT2D eigenvalue weighted by molar-refractivity contribution is 7.91. The van der Waals surface area contributed by atoms with Crippen LogP contribution in [0, 0.1) is 0 Å². The number of alkyl halides is 3. The monoisotopic (exact) mass is 582 g/mol. The maximum atomic E-state index is 13.1. The molecule has 2 aliphatic rings. The van der Waals surface area contributed by atoms with E-state index in [-0.39, 0.29) is 22.2 Å². The molecule has 2 saturated heterocycles. The fraction of sp³-hybridized carbons (Fsp3) is 0.522. The van der Waals surface area contributed by atoms with Crippen LogP contribution in [-0.4, -0.2) is 87.5 Å². The molecule has 0 amide bonds. The number of aromatic nitrogens is 1. The Morgan fingerprint density at radius 1 is 0.919 bits per heavy atom. The average Bonchev–Trinajstić information content (AvgIpc) is 2.84. The van der Waals surface area contributed by atoms with Crippen LogP contribution in [0.5, 0.6) is 0 Å². The number of piperazine rings is 1. The molecule has 0 radical (unpaired) electrons. The van der Waals surface area contributed by atoms with Gasteiger partial charge in [-0.3, -0.25) is 14.8 Å². The highest BCUT2D eigenvalue weighted by Gasteiger charge is 2.34. The second kappa shape index (κ2) is 11.5. The Labute approximate surface area is 221 Å². The SMILES string of the molecule is CS(=O)(=O)c1cccc(S(=O)(=O)N2CCN(C3CCN(Cc4ccc(C(F)(F)F)nc4)CC3)CC2)c1.Cl. The van der Waals surface area contributed by atoms with Gasteiger partial charge in [-0.05, 0) is 55.8 Å². The topological polar surface area (TPSA) is 90.9 Å². The minimum atomic E-state index is -4.44. The second-order valence-corrected chi connectivity index (χ2v) is 13.2. The Morgan fingerprint density at radius 3 is 2.08 bits per heavy atom. The van der Waals surface area contributed by atoms with E-state index < -0.39 is 31.7 Å². The maximum absolute atomic E-state index is 13.1. The molecule has 0 N–H and O–H groups in total. The van der Waals surface area contributed by atoms with E-state index in [1.165, 1.54) is 40.8 Å². The molecule has 0 aliphatic carbocycles. The van der Waals surface area contributed by atoms with Gasteiger partial charge in [0.1, 0.15) is 5.69 Å². The fourth-order valence-corrected chi connectivity index (χ4v) is 6.92. The lowest BCUT2D eigenvalue weighted by atomic mass is 10.0. The summed E-state index contributed by atoms with van der Waals surface area (Å²) in [5.41, 5.74) is -0.158. The van der Waals surface area contributed by atoms with E-state index in [1.54, 1.807) is 0 Å². The van der Waals surface area contributed by atoms with E-state index in [2.05, 4.69) is 14.8 Å². The number of hydrogen-bond donors (Lipinski definition) is 0. The number of piperidine rings is 1. The van der Waals surface area contributed by atoms with Crippen LogP contribution in [0.3, 0.4) is 0 Å². The van der Waals surface area contributed by atoms with Crippen molar-refractivity contribution in [3.63, 3.8) is 0 Å². The van der Waals surface area contributed by atoms with Crippen molar-refractivity contribution in [1.29, 1.82) is 0 Å². The lowest BCUT2D eigenvalue weighted by Crippen LogP contribution is -2.54. The number of hydrogen-bond acceptors (Lipinski definition) is 7. The van der Waals surface area contributed by atoms with Crippen molar-refractivity contribution in [2.24, 2.45) is 0 Å². The molecule has 1 aromatic carbocycles. The summed E-state index contributed by atoms with van der Waals surface area (Å²) in [6, 6.07) is 8.23. The Balaban J connectivity index is 0.00000380. The molecule has 8 nitrogen and oxygen atoms in total. The zero-order chi connectivity index (χ0) is 26.1. The zero-order valence-corrected chi connectivity index (χ0v) is 22.7. The van der Waals surface area contributed by atoms with Gasteiger partial charge in [0, 0.05) is 51.2 Å². The molecule has 3 heterocycles. The molecule has 0 spiro atoms. The highest BCUT2D eigenvalue weighted by atomic mass is 35.5. The van der Waals surface area contributed by atoms with Crippen molar-refractivity contribution in [2.75, 3.05) is 45.5 Å².